The van der Waals surface area contributed by atoms with Crippen molar-refractivity contribution in [1.29, 1.82) is 0 Å². The fraction of sp³-hybridized carbons (Fsp3) is 0.250. The van der Waals surface area contributed by atoms with E-state index in [1.54, 1.807) is 12.3 Å². The van der Waals surface area contributed by atoms with Crippen LogP contribution < -0.4 is 5.43 Å². The second kappa shape index (κ2) is 6.62. The van der Waals surface area contributed by atoms with Gasteiger partial charge in [-0.2, -0.15) is 14.6 Å². The van der Waals surface area contributed by atoms with Gasteiger partial charge in [-0.05, 0) is 18.6 Å². The van der Waals surface area contributed by atoms with Gasteiger partial charge in [0, 0.05) is 6.20 Å². The lowest BCUT2D eigenvalue weighted by atomic mass is 10.2. The van der Waals surface area contributed by atoms with Crippen molar-refractivity contribution in [3.05, 3.63) is 39.6 Å². The van der Waals surface area contributed by atoms with Crippen LogP contribution in [0.2, 0.25) is 5.02 Å². The number of hydrogen-bond acceptors (Lipinski definition) is 4. The van der Waals surface area contributed by atoms with Crippen molar-refractivity contribution in [2.24, 2.45) is 5.10 Å². The number of carbonyl (C=O) groups is 1. The Balaban J connectivity index is 1.98. The Labute approximate surface area is 124 Å². The van der Waals surface area contributed by atoms with Crippen LogP contribution in [0, 0.1) is 5.13 Å². The number of rotatable bonds is 5. The quantitative estimate of drug-likeness (QED) is 0.681. The number of aromatic nitrogens is 2. The standard InChI is InChI=1S/C12H12ClFN4OS/c1-2-10(18-7-8(13)5-16-18)12(19)17-15-6-9-3-4-11(14)20-9/h3-7,10H,2H2,1H3,(H,17,19)/b15-6+. The third kappa shape index (κ3) is 3.64. The van der Waals surface area contributed by atoms with Crippen LogP contribution in [0.1, 0.15) is 24.3 Å². The second-order valence-corrected chi connectivity index (χ2v) is 5.44. The molecule has 2 heterocycles. The van der Waals surface area contributed by atoms with Crippen molar-refractivity contribution >= 4 is 35.1 Å². The van der Waals surface area contributed by atoms with Gasteiger partial charge in [0.15, 0.2) is 5.13 Å². The van der Waals surface area contributed by atoms with E-state index in [9.17, 15) is 9.18 Å². The average molecular weight is 315 g/mol. The summed E-state index contributed by atoms with van der Waals surface area (Å²) in [5.74, 6) is -0.305. The smallest absolute Gasteiger partial charge is 0.264 e. The molecular weight excluding hydrogens is 303 g/mol. The van der Waals surface area contributed by atoms with E-state index in [0.717, 1.165) is 11.3 Å². The average Bonchev–Trinajstić information content (AvgIpc) is 3.00. The third-order valence-corrected chi connectivity index (χ3v) is 3.54. The number of hydrogen-bond donors (Lipinski definition) is 1. The summed E-state index contributed by atoms with van der Waals surface area (Å²) in [6.45, 7) is 1.86. The van der Waals surface area contributed by atoms with Gasteiger partial charge in [0.1, 0.15) is 6.04 Å². The number of carbonyl (C=O) groups excluding carboxylic acids is 1. The van der Waals surface area contributed by atoms with E-state index >= 15 is 0 Å². The van der Waals surface area contributed by atoms with Gasteiger partial charge in [0.25, 0.3) is 5.91 Å². The summed E-state index contributed by atoms with van der Waals surface area (Å²) in [7, 11) is 0. The first kappa shape index (κ1) is 14.7. The van der Waals surface area contributed by atoms with E-state index in [2.05, 4.69) is 15.6 Å². The highest BCUT2D eigenvalue weighted by Crippen LogP contribution is 2.14. The maximum atomic E-state index is 12.8. The fourth-order valence-electron chi connectivity index (χ4n) is 1.61. The largest absolute Gasteiger partial charge is 0.271 e. The summed E-state index contributed by atoms with van der Waals surface area (Å²) in [4.78, 5) is 12.6. The van der Waals surface area contributed by atoms with Crippen LogP contribution >= 0.6 is 22.9 Å². The first-order chi connectivity index (χ1) is 9.60. The van der Waals surface area contributed by atoms with Crippen molar-refractivity contribution in [3.8, 4) is 0 Å². The zero-order valence-electron chi connectivity index (χ0n) is 10.6. The number of nitrogens with zero attached hydrogens (tertiary/aromatic N) is 3. The van der Waals surface area contributed by atoms with Crippen LogP contribution in [0.15, 0.2) is 29.6 Å². The minimum absolute atomic E-state index is 0.296. The van der Waals surface area contributed by atoms with Crippen LogP contribution in [0.25, 0.3) is 0 Å². The van der Waals surface area contributed by atoms with Crippen LogP contribution in [0.5, 0.6) is 0 Å². The molecule has 0 aromatic carbocycles. The summed E-state index contributed by atoms with van der Waals surface area (Å²) in [6.07, 6.45) is 4.99. The molecule has 106 valence electrons. The second-order valence-electron chi connectivity index (χ2n) is 3.94. The molecule has 1 unspecified atom stereocenters. The number of thiophene rings is 1. The Bertz CT molecular complexity index is 625. The van der Waals surface area contributed by atoms with Gasteiger partial charge in [0.05, 0.1) is 22.3 Å². The molecule has 5 nitrogen and oxygen atoms in total. The minimum Gasteiger partial charge on any atom is -0.271 e. The van der Waals surface area contributed by atoms with Crippen molar-refractivity contribution in [3.63, 3.8) is 0 Å². The Morgan fingerprint density at radius 1 is 1.70 bits per heavy atom. The molecule has 0 aliphatic heterocycles. The summed E-state index contributed by atoms with van der Waals surface area (Å²) in [6, 6.07) is 2.44. The van der Waals surface area contributed by atoms with Crippen LogP contribution in [-0.2, 0) is 4.79 Å². The molecule has 0 aliphatic rings. The van der Waals surface area contributed by atoms with Crippen LogP contribution in [0.4, 0.5) is 4.39 Å². The monoisotopic (exact) mass is 314 g/mol. The van der Waals surface area contributed by atoms with E-state index < -0.39 is 6.04 Å². The minimum atomic E-state index is -0.486. The molecule has 2 aromatic rings. The molecule has 2 aromatic heterocycles. The molecule has 0 spiro atoms. The summed E-state index contributed by atoms with van der Waals surface area (Å²) < 4.78 is 14.2. The molecule has 20 heavy (non-hydrogen) atoms. The molecular formula is C12H12ClFN4OS. The van der Waals surface area contributed by atoms with Crippen molar-refractivity contribution in [2.45, 2.75) is 19.4 Å². The van der Waals surface area contributed by atoms with Crippen molar-refractivity contribution in [2.75, 3.05) is 0 Å². The van der Waals surface area contributed by atoms with Gasteiger partial charge >= 0.3 is 0 Å². The number of halogens is 2. The van der Waals surface area contributed by atoms with Crippen molar-refractivity contribution < 1.29 is 9.18 Å². The molecule has 0 fully saturated rings. The van der Waals surface area contributed by atoms with Gasteiger partial charge in [-0.3, -0.25) is 9.48 Å². The van der Waals surface area contributed by atoms with Gasteiger partial charge in [-0.25, -0.2) is 5.43 Å². The van der Waals surface area contributed by atoms with E-state index in [4.69, 9.17) is 11.6 Å². The molecule has 0 aliphatic carbocycles. The number of nitrogens with one attached hydrogen (secondary N) is 1. The van der Waals surface area contributed by atoms with Crippen LogP contribution in [0.3, 0.4) is 0 Å². The Hall–Kier alpha value is -1.73. The maximum Gasteiger partial charge on any atom is 0.264 e. The van der Waals surface area contributed by atoms with Gasteiger partial charge < -0.3 is 0 Å². The lowest BCUT2D eigenvalue weighted by Crippen LogP contribution is -2.29. The zero-order valence-corrected chi connectivity index (χ0v) is 12.2. The Kier molecular flexibility index (Phi) is 4.86. The topological polar surface area (TPSA) is 59.3 Å². The molecule has 1 atom stereocenters. The lowest BCUT2D eigenvalue weighted by Gasteiger charge is -2.12. The van der Waals surface area contributed by atoms with Gasteiger partial charge in [-0.15, -0.1) is 11.3 Å². The van der Waals surface area contributed by atoms with E-state index in [-0.39, 0.29) is 11.0 Å². The molecule has 1 N–H and O–H groups in total. The molecule has 1 amide bonds. The summed E-state index contributed by atoms with van der Waals surface area (Å²) in [5.41, 5.74) is 2.41. The zero-order chi connectivity index (χ0) is 14.5. The predicted molar refractivity (Wildman–Crippen MR) is 76.6 cm³/mol. The molecule has 0 saturated heterocycles. The predicted octanol–water partition coefficient (Wildman–Crippen LogP) is 2.84. The van der Waals surface area contributed by atoms with Gasteiger partial charge in [-0.1, -0.05) is 18.5 Å². The highest BCUT2D eigenvalue weighted by molar-refractivity contribution is 7.12. The van der Waals surface area contributed by atoms with Crippen molar-refractivity contribution in [1.82, 2.24) is 15.2 Å². The normalized spacial score (nSPS) is 12.8. The highest BCUT2D eigenvalue weighted by atomic mass is 35.5. The van der Waals surface area contributed by atoms with Crippen LogP contribution in [-0.4, -0.2) is 21.9 Å². The molecule has 8 heteroatoms. The third-order valence-electron chi connectivity index (χ3n) is 2.54. The lowest BCUT2D eigenvalue weighted by molar-refractivity contribution is -0.124. The van der Waals surface area contributed by atoms with Gasteiger partial charge in [0.2, 0.25) is 0 Å². The van der Waals surface area contributed by atoms with E-state index in [1.807, 2.05) is 6.92 Å². The first-order valence-electron chi connectivity index (χ1n) is 5.88. The Morgan fingerprint density at radius 3 is 3.05 bits per heavy atom. The molecule has 2 rings (SSSR count). The number of hydrazone groups is 1. The summed E-state index contributed by atoms with van der Waals surface area (Å²) >= 11 is 6.73. The Morgan fingerprint density at radius 2 is 2.50 bits per heavy atom. The molecule has 0 radical (unpaired) electrons. The maximum absolute atomic E-state index is 12.8. The fourth-order valence-corrected chi connectivity index (χ4v) is 2.36. The number of amides is 1. The molecule has 0 saturated carbocycles. The summed E-state index contributed by atoms with van der Waals surface area (Å²) in [5, 5.41) is 7.97. The van der Waals surface area contributed by atoms with E-state index in [1.165, 1.54) is 23.2 Å². The van der Waals surface area contributed by atoms with E-state index in [0.29, 0.717) is 16.3 Å². The first-order valence-corrected chi connectivity index (χ1v) is 7.07. The highest BCUT2D eigenvalue weighted by Gasteiger charge is 2.18. The SMILES string of the molecule is CCC(C(=O)N/N=C/c1ccc(F)s1)n1cc(Cl)cn1. The molecule has 0 bridgehead atoms.